The van der Waals surface area contributed by atoms with E-state index in [4.69, 9.17) is 20.7 Å². The average molecular weight is 336 g/mol. The molecule has 0 fully saturated rings. The third kappa shape index (κ3) is 7.16. The van der Waals surface area contributed by atoms with Crippen molar-refractivity contribution in [1.29, 1.82) is 0 Å². The van der Waals surface area contributed by atoms with E-state index in [1.165, 1.54) is 30.0 Å². The Labute approximate surface area is 129 Å². The van der Waals surface area contributed by atoms with Crippen molar-refractivity contribution >= 4 is 23.5 Å². The largest absolute Gasteiger partial charge is 0.490 e. The molecule has 0 aliphatic carbocycles. The summed E-state index contributed by atoms with van der Waals surface area (Å²) in [6.07, 6.45) is -5.08. The topological polar surface area (TPSA) is 121 Å². The van der Waals surface area contributed by atoms with Gasteiger partial charge < -0.3 is 20.8 Å². The molecule has 0 saturated carbocycles. The molecule has 0 heterocycles. The molecule has 0 aliphatic rings. The van der Waals surface area contributed by atoms with Crippen molar-refractivity contribution in [3.05, 3.63) is 29.3 Å². The lowest BCUT2D eigenvalue weighted by molar-refractivity contribution is -0.192. The Morgan fingerprint density at radius 3 is 2.04 bits per heavy atom. The number of benzene rings is 1. The van der Waals surface area contributed by atoms with Crippen LogP contribution in [0.2, 0.25) is 0 Å². The van der Waals surface area contributed by atoms with Crippen LogP contribution in [0.1, 0.15) is 22.8 Å². The average Bonchev–Trinajstić information content (AvgIpc) is 2.40. The minimum Gasteiger partial charge on any atom is -0.478 e. The number of halogens is 3. The number of carbonyl (C=O) groups is 3. The molecule has 0 radical (unpaired) electrons. The highest BCUT2D eigenvalue weighted by Gasteiger charge is 2.38. The van der Waals surface area contributed by atoms with Gasteiger partial charge in [0.15, 0.2) is 0 Å². The van der Waals surface area contributed by atoms with Crippen molar-refractivity contribution in [2.24, 2.45) is 0 Å². The highest BCUT2D eigenvalue weighted by atomic mass is 19.4. The molecular weight excluding hydrogens is 321 g/mol. The smallest absolute Gasteiger partial charge is 0.478 e. The number of hydrogen-bond acceptors (Lipinski definition) is 4. The maximum absolute atomic E-state index is 11.0. The predicted octanol–water partition coefficient (Wildman–Crippen LogP) is 1.58. The SMILES string of the molecule is CC(=O)N(C)Cc1cc(C(=O)O)ccc1N.O=C(O)C(F)(F)F. The van der Waals surface area contributed by atoms with Crippen LogP contribution in [0.5, 0.6) is 0 Å². The third-order valence-electron chi connectivity index (χ3n) is 2.58. The maximum Gasteiger partial charge on any atom is 0.490 e. The molecule has 10 heteroatoms. The summed E-state index contributed by atoms with van der Waals surface area (Å²) in [5.74, 6) is -3.86. The van der Waals surface area contributed by atoms with Gasteiger partial charge >= 0.3 is 18.1 Å². The van der Waals surface area contributed by atoms with Crippen LogP contribution < -0.4 is 5.73 Å². The van der Waals surface area contributed by atoms with Gasteiger partial charge in [0.2, 0.25) is 5.91 Å². The standard InChI is InChI=1S/C11H14N2O3.C2HF3O2/c1-7(14)13(2)6-9-5-8(11(15)16)3-4-10(9)12;3-2(4,5)1(6)7/h3-5H,6,12H2,1-2H3,(H,15,16);(H,6,7). The van der Waals surface area contributed by atoms with Crippen LogP contribution >= 0.6 is 0 Å². The van der Waals surface area contributed by atoms with Crippen LogP contribution in [-0.4, -0.2) is 46.2 Å². The molecule has 1 rings (SSSR count). The van der Waals surface area contributed by atoms with Crippen LogP contribution in [0.25, 0.3) is 0 Å². The summed E-state index contributed by atoms with van der Waals surface area (Å²) >= 11 is 0. The number of anilines is 1. The van der Waals surface area contributed by atoms with E-state index in [0.717, 1.165) is 0 Å². The number of nitrogens with zero attached hydrogens (tertiary/aromatic N) is 1. The Morgan fingerprint density at radius 2 is 1.70 bits per heavy atom. The van der Waals surface area contributed by atoms with E-state index in [-0.39, 0.29) is 11.5 Å². The van der Waals surface area contributed by atoms with Gasteiger partial charge in [-0.25, -0.2) is 9.59 Å². The molecule has 128 valence electrons. The molecule has 0 spiro atoms. The lowest BCUT2D eigenvalue weighted by Gasteiger charge is -2.16. The molecule has 0 aromatic heterocycles. The van der Waals surface area contributed by atoms with Crippen molar-refractivity contribution in [1.82, 2.24) is 4.90 Å². The number of nitrogen functional groups attached to an aromatic ring is 1. The van der Waals surface area contributed by atoms with E-state index >= 15 is 0 Å². The van der Waals surface area contributed by atoms with Gasteiger partial charge in [-0.2, -0.15) is 13.2 Å². The van der Waals surface area contributed by atoms with Crippen molar-refractivity contribution < 1.29 is 37.8 Å². The number of hydrogen-bond donors (Lipinski definition) is 3. The van der Waals surface area contributed by atoms with Crippen molar-refractivity contribution in [2.45, 2.75) is 19.6 Å². The summed E-state index contributed by atoms with van der Waals surface area (Å²) in [5, 5.41) is 15.9. The van der Waals surface area contributed by atoms with Crippen molar-refractivity contribution in [2.75, 3.05) is 12.8 Å². The molecular formula is C13H15F3N2O5. The Kier molecular flexibility index (Phi) is 7.04. The Morgan fingerprint density at radius 1 is 1.22 bits per heavy atom. The number of nitrogens with two attached hydrogens (primary N) is 1. The summed E-state index contributed by atoms with van der Waals surface area (Å²) in [6.45, 7) is 1.75. The fraction of sp³-hybridized carbons (Fsp3) is 0.308. The summed E-state index contributed by atoms with van der Waals surface area (Å²) < 4.78 is 31.7. The molecule has 0 atom stereocenters. The van der Waals surface area contributed by atoms with Gasteiger partial charge in [0.05, 0.1) is 5.56 Å². The first-order valence-corrected chi connectivity index (χ1v) is 5.99. The number of amides is 1. The van der Waals surface area contributed by atoms with E-state index in [1.54, 1.807) is 7.05 Å². The van der Waals surface area contributed by atoms with E-state index in [1.807, 2.05) is 0 Å². The van der Waals surface area contributed by atoms with Crippen LogP contribution in [0, 0.1) is 0 Å². The zero-order chi connectivity index (χ0) is 18.4. The monoisotopic (exact) mass is 336 g/mol. The van der Waals surface area contributed by atoms with Gasteiger partial charge in [0.1, 0.15) is 0 Å². The zero-order valence-electron chi connectivity index (χ0n) is 12.2. The number of aliphatic carboxylic acids is 1. The lowest BCUT2D eigenvalue weighted by Crippen LogP contribution is -2.23. The predicted molar refractivity (Wildman–Crippen MR) is 73.7 cm³/mol. The number of rotatable bonds is 3. The molecule has 0 saturated heterocycles. The van der Waals surface area contributed by atoms with E-state index in [2.05, 4.69) is 0 Å². The fourth-order valence-electron chi connectivity index (χ4n) is 1.24. The van der Waals surface area contributed by atoms with Gasteiger partial charge in [-0.05, 0) is 23.8 Å². The number of carboxylic acids is 2. The first kappa shape index (κ1) is 20.2. The van der Waals surface area contributed by atoms with Crippen LogP contribution in [0.4, 0.5) is 18.9 Å². The molecule has 23 heavy (non-hydrogen) atoms. The number of alkyl halides is 3. The normalized spacial score (nSPS) is 10.3. The maximum atomic E-state index is 11.0. The second-order valence-corrected chi connectivity index (χ2v) is 4.40. The Hall–Kier alpha value is -2.78. The highest BCUT2D eigenvalue weighted by Crippen LogP contribution is 2.16. The molecule has 0 aliphatic heterocycles. The number of carbonyl (C=O) groups excluding carboxylic acids is 1. The Bertz CT molecular complexity index is 602. The lowest BCUT2D eigenvalue weighted by atomic mass is 10.1. The van der Waals surface area contributed by atoms with Gasteiger partial charge in [0, 0.05) is 26.2 Å². The highest BCUT2D eigenvalue weighted by molar-refractivity contribution is 5.88. The molecule has 1 aromatic rings. The third-order valence-corrected chi connectivity index (χ3v) is 2.58. The molecule has 0 bridgehead atoms. The van der Waals surface area contributed by atoms with Gasteiger partial charge in [-0.3, -0.25) is 4.79 Å². The first-order valence-electron chi connectivity index (χ1n) is 5.99. The number of carboxylic acid groups (broad SMARTS) is 2. The van der Waals surface area contributed by atoms with Gasteiger partial charge in [-0.15, -0.1) is 0 Å². The zero-order valence-corrected chi connectivity index (χ0v) is 12.2. The first-order chi connectivity index (χ1) is 10.4. The van der Waals surface area contributed by atoms with E-state index < -0.39 is 18.1 Å². The molecule has 4 N–H and O–H groups in total. The second-order valence-electron chi connectivity index (χ2n) is 4.40. The van der Waals surface area contributed by atoms with Crippen LogP contribution in [-0.2, 0) is 16.1 Å². The summed E-state index contributed by atoms with van der Waals surface area (Å²) in [5.41, 5.74) is 7.00. The van der Waals surface area contributed by atoms with E-state index in [9.17, 15) is 22.8 Å². The second kappa shape index (κ2) is 8.01. The molecule has 1 aromatic carbocycles. The summed E-state index contributed by atoms with van der Waals surface area (Å²) in [4.78, 5) is 32.2. The summed E-state index contributed by atoms with van der Waals surface area (Å²) in [6, 6.07) is 4.46. The quantitative estimate of drug-likeness (QED) is 0.721. The van der Waals surface area contributed by atoms with Crippen LogP contribution in [0.3, 0.4) is 0 Å². The number of aromatic carboxylic acids is 1. The van der Waals surface area contributed by atoms with Gasteiger partial charge in [-0.1, -0.05) is 0 Å². The van der Waals surface area contributed by atoms with E-state index in [0.29, 0.717) is 17.8 Å². The fourth-order valence-corrected chi connectivity index (χ4v) is 1.24. The van der Waals surface area contributed by atoms with Crippen molar-refractivity contribution in [3.63, 3.8) is 0 Å². The Balaban J connectivity index is 0.000000585. The molecule has 0 unspecified atom stereocenters. The minimum atomic E-state index is -5.08. The molecule has 1 amide bonds. The van der Waals surface area contributed by atoms with Crippen LogP contribution in [0.15, 0.2) is 18.2 Å². The van der Waals surface area contributed by atoms with Crippen molar-refractivity contribution in [3.8, 4) is 0 Å². The molecule has 7 nitrogen and oxygen atoms in total. The van der Waals surface area contributed by atoms with Gasteiger partial charge in [0.25, 0.3) is 0 Å². The minimum absolute atomic E-state index is 0.0971. The summed E-state index contributed by atoms with van der Waals surface area (Å²) in [7, 11) is 1.63.